The van der Waals surface area contributed by atoms with Crippen LogP contribution in [0.2, 0.25) is 0 Å². The van der Waals surface area contributed by atoms with E-state index in [9.17, 15) is 4.79 Å². The summed E-state index contributed by atoms with van der Waals surface area (Å²) in [5.41, 5.74) is 0.506. The van der Waals surface area contributed by atoms with E-state index in [1.165, 1.54) is 11.3 Å². The van der Waals surface area contributed by atoms with Crippen molar-refractivity contribution in [3.8, 4) is 6.07 Å². The summed E-state index contributed by atoms with van der Waals surface area (Å²) >= 11 is 1.36. The van der Waals surface area contributed by atoms with E-state index in [1.807, 2.05) is 16.9 Å². The van der Waals surface area contributed by atoms with Crippen LogP contribution in [-0.4, -0.2) is 28.3 Å². The molecule has 0 radical (unpaired) electrons. The number of amides is 1. The zero-order chi connectivity index (χ0) is 15.9. The van der Waals surface area contributed by atoms with Crippen LogP contribution in [0.15, 0.2) is 29.9 Å². The van der Waals surface area contributed by atoms with E-state index in [2.05, 4.69) is 35.6 Å². The highest BCUT2D eigenvalue weighted by Crippen LogP contribution is 2.22. The summed E-state index contributed by atoms with van der Waals surface area (Å²) in [6.45, 7) is 4.72. The molecule has 2 atom stereocenters. The van der Waals surface area contributed by atoms with Crippen molar-refractivity contribution < 1.29 is 4.79 Å². The lowest BCUT2D eigenvalue weighted by atomic mass is 10.1. The van der Waals surface area contributed by atoms with Gasteiger partial charge in [0.1, 0.15) is 11.1 Å². The van der Waals surface area contributed by atoms with Gasteiger partial charge in [0, 0.05) is 31.4 Å². The van der Waals surface area contributed by atoms with Gasteiger partial charge in [-0.15, -0.1) is 11.3 Å². The second kappa shape index (κ2) is 7.73. The fraction of sp³-hybridized carbons (Fsp3) is 0.400. The molecular weight excluding hydrogens is 298 g/mol. The summed E-state index contributed by atoms with van der Waals surface area (Å²) in [4.78, 5) is 11.9. The zero-order valence-electron chi connectivity index (χ0n) is 12.6. The van der Waals surface area contributed by atoms with Gasteiger partial charge in [0.15, 0.2) is 0 Å². The SMILES string of the molecule is CC(NCCC(=O)Nc1sccc1C#N)C(C)n1cccn1. The molecule has 0 fully saturated rings. The Kier molecular flexibility index (Phi) is 5.69. The number of nitrogens with zero attached hydrogens (tertiary/aromatic N) is 3. The molecule has 116 valence electrons. The van der Waals surface area contributed by atoms with Crippen molar-refractivity contribution >= 4 is 22.2 Å². The molecule has 2 unspecified atom stereocenters. The Morgan fingerprint density at radius 1 is 1.55 bits per heavy atom. The van der Waals surface area contributed by atoms with Gasteiger partial charge in [-0.3, -0.25) is 9.48 Å². The maximum atomic E-state index is 11.9. The van der Waals surface area contributed by atoms with Crippen molar-refractivity contribution in [3.05, 3.63) is 35.5 Å². The molecule has 1 amide bonds. The first kappa shape index (κ1) is 16.2. The first-order valence-corrected chi connectivity index (χ1v) is 7.99. The Balaban J connectivity index is 1.74. The average molecular weight is 317 g/mol. The number of nitriles is 1. The van der Waals surface area contributed by atoms with Gasteiger partial charge in [-0.05, 0) is 31.4 Å². The maximum absolute atomic E-state index is 11.9. The third-order valence-electron chi connectivity index (χ3n) is 3.52. The van der Waals surface area contributed by atoms with Gasteiger partial charge in [0.05, 0.1) is 11.6 Å². The highest BCUT2D eigenvalue weighted by atomic mass is 32.1. The first-order chi connectivity index (χ1) is 10.6. The number of carbonyl (C=O) groups excluding carboxylic acids is 1. The van der Waals surface area contributed by atoms with E-state index in [-0.39, 0.29) is 18.0 Å². The van der Waals surface area contributed by atoms with E-state index in [0.717, 1.165) is 0 Å². The van der Waals surface area contributed by atoms with Crippen molar-refractivity contribution in [3.63, 3.8) is 0 Å². The highest BCUT2D eigenvalue weighted by Gasteiger charge is 2.14. The molecule has 7 heteroatoms. The van der Waals surface area contributed by atoms with E-state index >= 15 is 0 Å². The molecule has 0 aromatic carbocycles. The van der Waals surface area contributed by atoms with Gasteiger partial charge in [-0.25, -0.2) is 0 Å². The fourth-order valence-corrected chi connectivity index (χ4v) is 2.77. The number of aromatic nitrogens is 2. The Bertz CT molecular complexity index is 643. The van der Waals surface area contributed by atoms with Gasteiger partial charge in [-0.2, -0.15) is 10.4 Å². The molecule has 22 heavy (non-hydrogen) atoms. The summed E-state index contributed by atoms with van der Waals surface area (Å²) in [7, 11) is 0. The topological polar surface area (TPSA) is 82.7 Å². The molecule has 0 saturated heterocycles. The van der Waals surface area contributed by atoms with Gasteiger partial charge in [0.2, 0.25) is 5.91 Å². The lowest BCUT2D eigenvalue weighted by molar-refractivity contribution is -0.116. The Hall–Kier alpha value is -2.17. The summed E-state index contributed by atoms with van der Waals surface area (Å²) in [6, 6.07) is 6.06. The largest absolute Gasteiger partial charge is 0.317 e. The molecule has 0 spiro atoms. The van der Waals surface area contributed by atoms with Crippen molar-refractivity contribution in [2.45, 2.75) is 32.4 Å². The van der Waals surface area contributed by atoms with Crippen LogP contribution in [-0.2, 0) is 4.79 Å². The Morgan fingerprint density at radius 3 is 3.05 bits per heavy atom. The summed E-state index contributed by atoms with van der Waals surface area (Å²) in [5, 5.41) is 21.6. The summed E-state index contributed by atoms with van der Waals surface area (Å²) in [5.74, 6) is -0.0922. The van der Waals surface area contributed by atoms with Gasteiger partial charge < -0.3 is 10.6 Å². The molecule has 0 aliphatic rings. The minimum Gasteiger partial charge on any atom is -0.317 e. The Labute approximate surface area is 133 Å². The summed E-state index contributed by atoms with van der Waals surface area (Å²) < 4.78 is 1.89. The molecule has 0 saturated carbocycles. The van der Waals surface area contributed by atoms with Crippen LogP contribution in [0.5, 0.6) is 0 Å². The molecule has 2 rings (SSSR count). The summed E-state index contributed by atoms with van der Waals surface area (Å²) in [6.07, 6.45) is 4.04. The Morgan fingerprint density at radius 2 is 2.36 bits per heavy atom. The fourth-order valence-electron chi connectivity index (χ4n) is 2.02. The molecule has 2 aromatic heterocycles. The lowest BCUT2D eigenvalue weighted by Gasteiger charge is -2.21. The molecule has 0 aliphatic heterocycles. The van der Waals surface area contributed by atoms with Crippen molar-refractivity contribution in [1.29, 1.82) is 5.26 Å². The third-order valence-corrected chi connectivity index (χ3v) is 4.35. The predicted octanol–water partition coefficient (Wildman–Crippen LogP) is 2.38. The normalized spacial score (nSPS) is 13.3. The van der Waals surface area contributed by atoms with Crippen LogP contribution in [0.1, 0.15) is 31.9 Å². The maximum Gasteiger partial charge on any atom is 0.226 e. The monoisotopic (exact) mass is 317 g/mol. The first-order valence-electron chi connectivity index (χ1n) is 7.11. The predicted molar refractivity (Wildman–Crippen MR) is 86.7 cm³/mol. The number of thiophene rings is 1. The van der Waals surface area contributed by atoms with Crippen LogP contribution in [0.25, 0.3) is 0 Å². The molecule has 0 bridgehead atoms. The van der Waals surface area contributed by atoms with Gasteiger partial charge in [0.25, 0.3) is 0 Å². The lowest BCUT2D eigenvalue weighted by Crippen LogP contribution is -2.35. The third kappa shape index (κ3) is 4.16. The van der Waals surface area contributed by atoms with Crippen LogP contribution in [0.3, 0.4) is 0 Å². The van der Waals surface area contributed by atoms with Crippen LogP contribution in [0, 0.1) is 11.3 Å². The highest BCUT2D eigenvalue weighted by molar-refractivity contribution is 7.14. The van der Waals surface area contributed by atoms with E-state index < -0.39 is 0 Å². The zero-order valence-corrected chi connectivity index (χ0v) is 13.4. The minimum absolute atomic E-state index is 0.0922. The second-order valence-corrected chi connectivity index (χ2v) is 5.96. The number of nitrogens with one attached hydrogen (secondary N) is 2. The van der Waals surface area contributed by atoms with E-state index in [4.69, 9.17) is 5.26 Å². The number of hydrogen-bond donors (Lipinski definition) is 2. The smallest absolute Gasteiger partial charge is 0.226 e. The minimum atomic E-state index is -0.0922. The van der Waals surface area contributed by atoms with E-state index in [0.29, 0.717) is 23.5 Å². The molecule has 2 heterocycles. The molecule has 0 aliphatic carbocycles. The van der Waals surface area contributed by atoms with Crippen LogP contribution < -0.4 is 10.6 Å². The van der Waals surface area contributed by atoms with Gasteiger partial charge >= 0.3 is 0 Å². The number of hydrogen-bond acceptors (Lipinski definition) is 5. The molecular formula is C15H19N5OS. The molecule has 2 N–H and O–H groups in total. The van der Waals surface area contributed by atoms with Crippen molar-refractivity contribution in [2.75, 3.05) is 11.9 Å². The quantitative estimate of drug-likeness (QED) is 0.821. The van der Waals surface area contributed by atoms with E-state index in [1.54, 1.807) is 17.6 Å². The number of carbonyl (C=O) groups is 1. The molecule has 6 nitrogen and oxygen atoms in total. The standard InChI is InChI=1S/C15H19N5OS/c1-11(12(2)20-8-3-6-18-20)17-7-4-14(21)19-15-13(10-16)5-9-22-15/h3,5-6,8-9,11-12,17H,4,7H2,1-2H3,(H,19,21). The van der Waals surface area contributed by atoms with Gasteiger partial charge in [-0.1, -0.05) is 0 Å². The number of rotatable bonds is 7. The second-order valence-electron chi connectivity index (χ2n) is 5.04. The molecule has 2 aromatic rings. The number of anilines is 1. The van der Waals surface area contributed by atoms with Crippen LogP contribution in [0.4, 0.5) is 5.00 Å². The van der Waals surface area contributed by atoms with Crippen molar-refractivity contribution in [1.82, 2.24) is 15.1 Å². The van der Waals surface area contributed by atoms with Crippen LogP contribution >= 0.6 is 11.3 Å². The van der Waals surface area contributed by atoms with Crippen molar-refractivity contribution in [2.24, 2.45) is 0 Å². The average Bonchev–Trinajstić information content (AvgIpc) is 3.17.